The maximum Gasteiger partial charge on any atom is 0.308 e. The molecule has 0 radical (unpaired) electrons. The summed E-state index contributed by atoms with van der Waals surface area (Å²) in [5.41, 5.74) is 0. The summed E-state index contributed by atoms with van der Waals surface area (Å²) in [5.74, 6) is -0.127. The van der Waals surface area contributed by atoms with Crippen LogP contribution in [0.25, 0.3) is 0 Å². The first kappa shape index (κ1) is 21.2. The molecular formula is C20H38O2. The van der Waals surface area contributed by atoms with Crippen molar-refractivity contribution in [1.82, 2.24) is 0 Å². The number of ether oxygens (including phenoxy) is 1. The van der Waals surface area contributed by atoms with Crippen LogP contribution >= 0.6 is 0 Å². The lowest BCUT2D eigenvalue weighted by Gasteiger charge is -2.04. The van der Waals surface area contributed by atoms with Crippen molar-refractivity contribution in [3.63, 3.8) is 0 Å². The molecule has 0 aromatic heterocycles. The Labute approximate surface area is 138 Å². The fourth-order valence-electron chi connectivity index (χ4n) is 2.64. The van der Waals surface area contributed by atoms with Crippen molar-refractivity contribution in [2.24, 2.45) is 5.92 Å². The second-order valence-electron chi connectivity index (χ2n) is 6.46. The van der Waals surface area contributed by atoms with Gasteiger partial charge < -0.3 is 4.74 Å². The number of rotatable bonds is 15. The quantitative estimate of drug-likeness (QED) is 0.197. The van der Waals surface area contributed by atoms with Gasteiger partial charge in [-0.3, -0.25) is 4.79 Å². The Morgan fingerprint density at radius 1 is 0.864 bits per heavy atom. The average Bonchev–Trinajstić information content (AvgIpc) is 2.54. The molecule has 0 fully saturated rings. The molecule has 0 aliphatic heterocycles. The van der Waals surface area contributed by atoms with E-state index in [1.807, 2.05) is 6.92 Å². The van der Waals surface area contributed by atoms with Crippen LogP contribution in [0.2, 0.25) is 0 Å². The van der Waals surface area contributed by atoms with Gasteiger partial charge in [0.1, 0.15) is 0 Å². The molecule has 0 aliphatic rings. The molecule has 0 bridgehead atoms. The second-order valence-corrected chi connectivity index (χ2v) is 6.46. The third-order valence-corrected chi connectivity index (χ3v) is 4.23. The highest BCUT2D eigenvalue weighted by Crippen LogP contribution is 2.12. The van der Waals surface area contributed by atoms with Crippen molar-refractivity contribution in [2.75, 3.05) is 7.11 Å². The highest BCUT2D eigenvalue weighted by Gasteiger charge is 2.09. The van der Waals surface area contributed by atoms with Gasteiger partial charge in [0.05, 0.1) is 13.0 Å². The average molecular weight is 311 g/mol. The first-order valence-electron chi connectivity index (χ1n) is 9.45. The Bertz CT molecular complexity index is 271. The number of allylic oxidation sites excluding steroid dienone is 2. The Hall–Kier alpha value is -0.790. The maximum atomic E-state index is 11.2. The molecule has 0 heterocycles. The van der Waals surface area contributed by atoms with E-state index in [1.165, 1.54) is 77.7 Å². The molecule has 0 aliphatic carbocycles. The van der Waals surface area contributed by atoms with Crippen LogP contribution in [-0.2, 0) is 9.53 Å². The van der Waals surface area contributed by atoms with E-state index in [-0.39, 0.29) is 11.9 Å². The van der Waals surface area contributed by atoms with E-state index in [0.717, 1.165) is 12.8 Å². The first-order chi connectivity index (χ1) is 10.7. The third kappa shape index (κ3) is 14.2. The predicted octanol–water partition coefficient (Wildman–Crippen LogP) is 6.44. The Balaban J connectivity index is 3.21. The monoisotopic (exact) mass is 310 g/mol. The summed E-state index contributed by atoms with van der Waals surface area (Å²) < 4.78 is 4.71. The van der Waals surface area contributed by atoms with E-state index < -0.39 is 0 Å². The van der Waals surface area contributed by atoms with Crippen molar-refractivity contribution in [3.05, 3.63) is 12.2 Å². The SMILES string of the molecule is CCCCCCCCCCCCCC=CCC(C)C(=O)OC. The van der Waals surface area contributed by atoms with Gasteiger partial charge in [0, 0.05) is 0 Å². The minimum atomic E-state index is -0.112. The number of methoxy groups -OCH3 is 1. The molecule has 22 heavy (non-hydrogen) atoms. The lowest BCUT2D eigenvalue weighted by Crippen LogP contribution is -2.11. The summed E-state index contributed by atoms with van der Waals surface area (Å²) in [5, 5.41) is 0. The molecule has 0 saturated heterocycles. The number of carbonyl (C=O) groups excluding carboxylic acids is 1. The number of hydrogen-bond donors (Lipinski definition) is 0. The Morgan fingerprint density at radius 2 is 1.36 bits per heavy atom. The molecule has 0 rings (SSSR count). The largest absolute Gasteiger partial charge is 0.469 e. The smallest absolute Gasteiger partial charge is 0.308 e. The van der Waals surface area contributed by atoms with E-state index >= 15 is 0 Å². The molecule has 0 aromatic carbocycles. The minimum Gasteiger partial charge on any atom is -0.469 e. The van der Waals surface area contributed by atoms with Crippen LogP contribution in [0.4, 0.5) is 0 Å². The van der Waals surface area contributed by atoms with Gasteiger partial charge in [-0.15, -0.1) is 0 Å². The maximum absolute atomic E-state index is 11.2. The van der Waals surface area contributed by atoms with Crippen molar-refractivity contribution < 1.29 is 9.53 Å². The van der Waals surface area contributed by atoms with Crippen molar-refractivity contribution in [3.8, 4) is 0 Å². The lowest BCUT2D eigenvalue weighted by atomic mass is 10.0. The molecule has 0 aromatic rings. The van der Waals surface area contributed by atoms with E-state index in [1.54, 1.807) is 0 Å². The van der Waals surface area contributed by atoms with E-state index in [2.05, 4.69) is 19.1 Å². The molecule has 2 nitrogen and oxygen atoms in total. The topological polar surface area (TPSA) is 26.3 Å². The van der Waals surface area contributed by atoms with Gasteiger partial charge in [-0.2, -0.15) is 0 Å². The summed E-state index contributed by atoms with van der Waals surface area (Å²) in [6.07, 6.45) is 21.6. The third-order valence-electron chi connectivity index (χ3n) is 4.23. The van der Waals surface area contributed by atoms with Gasteiger partial charge >= 0.3 is 5.97 Å². The van der Waals surface area contributed by atoms with Crippen molar-refractivity contribution in [1.29, 1.82) is 0 Å². The Kier molecular flexibility index (Phi) is 16.0. The molecule has 0 spiro atoms. The van der Waals surface area contributed by atoms with Gasteiger partial charge in [-0.1, -0.05) is 90.2 Å². The molecule has 1 unspecified atom stereocenters. The van der Waals surface area contributed by atoms with Crippen LogP contribution in [0.1, 0.15) is 97.3 Å². The van der Waals surface area contributed by atoms with Gasteiger partial charge in [-0.25, -0.2) is 0 Å². The van der Waals surface area contributed by atoms with Crippen LogP contribution in [0.5, 0.6) is 0 Å². The van der Waals surface area contributed by atoms with Crippen LogP contribution in [0, 0.1) is 5.92 Å². The molecule has 130 valence electrons. The first-order valence-corrected chi connectivity index (χ1v) is 9.45. The highest BCUT2D eigenvalue weighted by molar-refractivity contribution is 5.71. The molecular weight excluding hydrogens is 272 g/mol. The molecule has 2 heteroatoms. The number of hydrogen-bond acceptors (Lipinski definition) is 2. The summed E-state index contributed by atoms with van der Waals surface area (Å²) in [6.45, 7) is 4.19. The number of carbonyl (C=O) groups is 1. The van der Waals surface area contributed by atoms with Gasteiger partial charge in [-0.05, 0) is 19.3 Å². The zero-order chi connectivity index (χ0) is 16.5. The van der Waals surface area contributed by atoms with Crippen LogP contribution in [0.15, 0.2) is 12.2 Å². The summed E-state index contributed by atoms with van der Waals surface area (Å²) in [6, 6.07) is 0. The zero-order valence-electron chi connectivity index (χ0n) is 15.2. The molecule has 0 amide bonds. The second kappa shape index (κ2) is 16.6. The zero-order valence-corrected chi connectivity index (χ0v) is 15.2. The van der Waals surface area contributed by atoms with E-state index in [0.29, 0.717) is 0 Å². The van der Waals surface area contributed by atoms with Crippen molar-refractivity contribution in [2.45, 2.75) is 97.3 Å². The summed E-state index contributed by atoms with van der Waals surface area (Å²) >= 11 is 0. The van der Waals surface area contributed by atoms with Gasteiger partial charge in [0.25, 0.3) is 0 Å². The molecule has 0 saturated carbocycles. The molecule has 0 N–H and O–H groups in total. The Morgan fingerprint density at radius 3 is 1.86 bits per heavy atom. The highest BCUT2D eigenvalue weighted by atomic mass is 16.5. The number of esters is 1. The molecule has 1 atom stereocenters. The van der Waals surface area contributed by atoms with Crippen LogP contribution in [-0.4, -0.2) is 13.1 Å². The van der Waals surface area contributed by atoms with E-state index in [4.69, 9.17) is 4.74 Å². The standard InChI is InChI=1S/C20H38O2/c1-4-5-6-7-8-9-10-11-12-13-14-15-16-17-18-19(2)20(21)22-3/h16-17,19H,4-15,18H2,1-3H3. The summed E-state index contributed by atoms with van der Waals surface area (Å²) in [7, 11) is 1.45. The summed E-state index contributed by atoms with van der Waals surface area (Å²) in [4.78, 5) is 11.2. The number of unbranched alkanes of at least 4 members (excludes halogenated alkanes) is 11. The van der Waals surface area contributed by atoms with Gasteiger partial charge in [0.2, 0.25) is 0 Å². The fraction of sp³-hybridized carbons (Fsp3) is 0.850. The fourth-order valence-corrected chi connectivity index (χ4v) is 2.64. The lowest BCUT2D eigenvalue weighted by molar-refractivity contribution is -0.144. The van der Waals surface area contributed by atoms with Crippen LogP contribution < -0.4 is 0 Å². The van der Waals surface area contributed by atoms with E-state index in [9.17, 15) is 4.79 Å². The van der Waals surface area contributed by atoms with Crippen molar-refractivity contribution >= 4 is 5.97 Å². The van der Waals surface area contributed by atoms with Crippen LogP contribution in [0.3, 0.4) is 0 Å². The van der Waals surface area contributed by atoms with Gasteiger partial charge in [0.15, 0.2) is 0 Å². The normalized spacial score (nSPS) is 12.7. The minimum absolute atomic E-state index is 0.0152. The predicted molar refractivity (Wildman–Crippen MR) is 96.0 cm³/mol.